The molecule has 1 aliphatic heterocycles. The van der Waals surface area contributed by atoms with E-state index in [1.165, 1.54) is 0 Å². The molecule has 0 N–H and O–H groups in total. The molecule has 0 radical (unpaired) electrons. The first kappa shape index (κ1) is 14.3. The molecule has 1 aromatic rings. The fourth-order valence-corrected chi connectivity index (χ4v) is 2.70. The number of pyridine rings is 1. The molecule has 1 aromatic heterocycles. The molecule has 0 spiro atoms. The summed E-state index contributed by atoms with van der Waals surface area (Å²) in [4.78, 5) is 20.9. The molecule has 1 aliphatic rings. The third kappa shape index (κ3) is 3.70. The quantitative estimate of drug-likeness (QED) is 0.837. The maximum atomic E-state index is 12.4. The molecular weight excluding hydrogens is 258 g/mol. The van der Waals surface area contributed by atoms with Crippen molar-refractivity contribution in [1.82, 2.24) is 14.8 Å². The van der Waals surface area contributed by atoms with Gasteiger partial charge in [-0.1, -0.05) is 6.07 Å². The van der Waals surface area contributed by atoms with Gasteiger partial charge in [-0.05, 0) is 24.8 Å². The number of carbonyl (C=O) groups is 1. The van der Waals surface area contributed by atoms with Crippen LogP contribution in [0.2, 0.25) is 0 Å². The molecule has 0 aromatic carbocycles. The summed E-state index contributed by atoms with van der Waals surface area (Å²) in [5.74, 6) is 1.23. The third-order valence-corrected chi connectivity index (χ3v) is 4.07. The van der Waals surface area contributed by atoms with E-state index < -0.39 is 0 Å². The number of aryl methyl sites for hydroxylation is 1. The van der Waals surface area contributed by atoms with Gasteiger partial charge in [-0.15, -0.1) is 0 Å². The Morgan fingerprint density at radius 1 is 1.37 bits per heavy atom. The van der Waals surface area contributed by atoms with Crippen LogP contribution in [0.3, 0.4) is 0 Å². The first-order valence-corrected chi connectivity index (χ1v) is 8.04. The molecule has 1 fully saturated rings. The topological polar surface area (TPSA) is 36.4 Å². The molecule has 0 unspecified atom stereocenters. The number of nitrogens with zero attached hydrogens (tertiary/aromatic N) is 3. The number of hydrogen-bond donors (Lipinski definition) is 0. The Hall–Kier alpha value is -1.07. The molecule has 0 bridgehead atoms. The summed E-state index contributed by atoms with van der Waals surface area (Å²) in [6.07, 6.45) is 3.82. The van der Waals surface area contributed by atoms with Gasteiger partial charge in [0.05, 0.1) is 0 Å². The number of amides is 1. The molecule has 0 saturated carbocycles. The van der Waals surface area contributed by atoms with Crippen molar-refractivity contribution in [3.05, 3.63) is 29.6 Å². The molecule has 2 rings (SSSR count). The van der Waals surface area contributed by atoms with Gasteiger partial charge in [0.1, 0.15) is 5.69 Å². The highest BCUT2D eigenvalue weighted by Gasteiger charge is 2.23. The predicted octanol–water partition coefficient (Wildman–Crippen LogP) is 1.51. The predicted molar refractivity (Wildman–Crippen MR) is 79.7 cm³/mol. The molecule has 104 valence electrons. The Morgan fingerprint density at radius 3 is 2.74 bits per heavy atom. The Morgan fingerprint density at radius 2 is 2.11 bits per heavy atom. The van der Waals surface area contributed by atoms with Gasteiger partial charge < -0.3 is 4.90 Å². The van der Waals surface area contributed by atoms with Crippen molar-refractivity contribution in [2.75, 3.05) is 44.7 Å². The highest BCUT2D eigenvalue weighted by atomic mass is 32.2. The van der Waals surface area contributed by atoms with Gasteiger partial charge in [0, 0.05) is 44.7 Å². The summed E-state index contributed by atoms with van der Waals surface area (Å²) in [7, 11) is 0. The molecule has 0 atom stereocenters. The smallest absolute Gasteiger partial charge is 0.272 e. The largest absolute Gasteiger partial charge is 0.335 e. The van der Waals surface area contributed by atoms with Crippen molar-refractivity contribution in [3.8, 4) is 0 Å². The van der Waals surface area contributed by atoms with Crippen LogP contribution in [0.1, 0.15) is 16.1 Å². The Bertz CT molecular complexity index is 430. The normalized spacial score (nSPS) is 16.6. The Balaban J connectivity index is 1.91. The maximum Gasteiger partial charge on any atom is 0.272 e. The fourth-order valence-electron chi connectivity index (χ4n) is 2.25. The fraction of sp³-hybridized carbons (Fsp3) is 0.571. The number of piperazine rings is 1. The van der Waals surface area contributed by atoms with Crippen LogP contribution >= 0.6 is 11.8 Å². The molecule has 5 heteroatoms. The van der Waals surface area contributed by atoms with Crippen LogP contribution in [-0.2, 0) is 0 Å². The van der Waals surface area contributed by atoms with E-state index in [0.29, 0.717) is 5.69 Å². The Kier molecular flexibility index (Phi) is 5.22. The average Bonchev–Trinajstić information content (AvgIpc) is 2.45. The minimum Gasteiger partial charge on any atom is -0.335 e. The minimum atomic E-state index is 0.0719. The number of carbonyl (C=O) groups excluding carboxylic acids is 1. The molecule has 0 aliphatic carbocycles. The van der Waals surface area contributed by atoms with Crippen molar-refractivity contribution in [1.29, 1.82) is 0 Å². The summed E-state index contributed by atoms with van der Waals surface area (Å²) in [6.45, 7) is 6.61. The molecule has 19 heavy (non-hydrogen) atoms. The second-order valence-corrected chi connectivity index (χ2v) is 5.78. The maximum absolute atomic E-state index is 12.4. The van der Waals surface area contributed by atoms with Crippen LogP contribution in [0.15, 0.2) is 18.3 Å². The van der Waals surface area contributed by atoms with Gasteiger partial charge in [-0.25, -0.2) is 0 Å². The van der Waals surface area contributed by atoms with Gasteiger partial charge in [0.15, 0.2) is 0 Å². The van der Waals surface area contributed by atoms with E-state index in [1.54, 1.807) is 6.20 Å². The number of aromatic nitrogens is 1. The van der Waals surface area contributed by atoms with Crippen LogP contribution in [0.4, 0.5) is 0 Å². The van der Waals surface area contributed by atoms with Crippen molar-refractivity contribution >= 4 is 17.7 Å². The van der Waals surface area contributed by atoms with Crippen LogP contribution in [0, 0.1) is 6.92 Å². The zero-order valence-electron chi connectivity index (χ0n) is 11.6. The van der Waals surface area contributed by atoms with Crippen molar-refractivity contribution < 1.29 is 4.79 Å². The summed E-state index contributed by atoms with van der Waals surface area (Å²) in [5.41, 5.74) is 1.55. The zero-order valence-corrected chi connectivity index (χ0v) is 12.4. The lowest BCUT2D eigenvalue weighted by molar-refractivity contribution is 0.0638. The second-order valence-electron chi connectivity index (χ2n) is 4.80. The van der Waals surface area contributed by atoms with Crippen LogP contribution in [0.25, 0.3) is 0 Å². The lowest BCUT2D eigenvalue weighted by atomic mass is 10.2. The Labute approximate surface area is 119 Å². The van der Waals surface area contributed by atoms with E-state index in [0.717, 1.165) is 44.0 Å². The summed E-state index contributed by atoms with van der Waals surface area (Å²) in [6, 6.07) is 3.81. The number of hydrogen-bond acceptors (Lipinski definition) is 4. The third-order valence-electron chi connectivity index (χ3n) is 3.48. The van der Waals surface area contributed by atoms with E-state index >= 15 is 0 Å². The van der Waals surface area contributed by atoms with Gasteiger partial charge in [-0.3, -0.25) is 14.7 Å². The first-order valence-electron chi connectivity index (χ1n) is 6.64. The standard InChI is InChI=1S/C14H21N3OS/c1-12-4-3-5-15-13(12)14(18)17-8-6-16(7-9-17)10-11-19-2/h3-5H,6-11H2,1-2H3. The molecular formula is C14H21N3OS. The number of rotatable bonds is 4. The lowest BCUT2D eigenvalue weighted by Crippen LogP contribution is -2.49. The van der Waals surface area contributed by atoms with E-state index in [9.17, 15) is 4.79 Å². The van der Waals surface area contributed by atoms with E-state index in [4.69, 9.17) is 0 Å². The van der Waals surface area contributed by atoms with E-state index in [1.807, 2.05) is 35.7 Å². The van der Waals surface area contributed by atoms with Crippen molar-refractivity contribution in [2.24, 2.45) is 0 Å². The molecule has 1 saturated heterocycles. The van der Waals surface area contributed by atoms with Crippen molar-refractivity contribution in [3.63, 3.8) is 0 Å². The van der Waals surface area contributed by atoms with E-state index in [-0.39, 0.29) is 5.91 Å². The number of thioether (sulfide) groups is 1. The molecule has 4 nitrogen and oxygen atoms in total. The summed E-state index contributed by atoms with van der Waals surface area (Å²) < 4.78 is 0. The highest BCUT2D eigenvalue weighted by molar-refractivity contribution is 7.98. The van der Waals surface area contributed by atoms with Gasteiger partial charge in [0.2, 0.25) is 0 Å². The zero-order chi connectivity index (χ0) is 13.7. The summed E-state index contributed by atoms with van der Waals surface area (Å²) >= 11 is 1.87. The van der Waals surface area contributed by atoms with Crippen LogP contribution in [0.5, 0.6) is 0 Å². The average molecular weight is 279 g/mol. The van der Waals surface area contributed by atoms with Crippen LogP contribution < -0.4 is 0 Å². The van der Waals surface area contributed by atoms with Gasteiger partial charge >= 0.3 is 0 Å². The highest BCUT2D eigenvalue weighted by Crippen LogP contribution is 2.10. The van der Waals surface area contributed by atoms with Crippen molar-refractivity contribution in [2.45, 2.75) is 6.92 Å². The van der Waals surface area contributed by atoms with Crippen LogP contribution in [-0.4, -0.2) is 65.4 Å². The van der Waals surface area contributed by atoms with Gasteiger partial charge in [0.25, 0.3) is 5.91 Å². The second kappa shape index (κ2) is 6.91. The monoisotopic (exact) mass is 279 g/mol. The first-order chi connectivity index (χ1) is 9.22. The molecule has 1 amide bonds. The summed E-state index contributed by atoms with van der Waals surface area (Å²) in [5, 5.41) is 0. The minimum absolute atomic E-state index is 0.0719. The SMILES string of the molecule is CSCCN1CCN(C(=O)c2ncccc2C)CC1. The molecule has 2 heterocycles. The van der Waals surface area contributed by atoms with Gasteiger partial charge in [-0.2, -0.15) is 11.8 Å². The lowest BCUT2D eigenvalue weighted by Gasteiger charge is -2.34. The van der Waals surface area contributed by atoms with E-state index in [2.05, 4.69) is 16.1 Å².